The number of nitrogens with zero attached hydrogens (tertiary/aromatic N) is 2. The Balaban J connectivity index is 1.84. The molecule has 1 amide bonds. The van der Waals surface area contributed by atoms with Crippen LogP contribution in [0.5, 0.6) is 0 Å². The summed E-state index contributed by atoms with van der Waals surface area (Å²) in [5.41, 5.74) is 1.85. The lowest BCUT2D eigenvalue weighted by molar-refractivity contribution is 0.0729. The van der Waals surface area contributed by atoms with E-state index in [4.69, 9.17) is 0 Å². The highest BCUT2D eigenvalue weighted by Gasteiger charge is 2.33. The molecular formula is C16H15BrN2O. The Morgan fingerprint density at radius 1 is 1.20 bits per heavy atom. The third-order valence-corrected chi connectivity index (χ3v) is 4.15. The van der Waals surface area contributed by atoms with Crippen molar-refractivity contribution in [2.24, 2.45) is 0 Å². The molecule has 2 aromatic rings. The van der Waals surface area contributed by atoms with Crippen LogP contribution in [-0.4, -0.2) is 21.8 Å². The first-order valence-corrected chi connectivity index (χ1v) is 7.49. The molecule has 1 aliphatic carbocycles. The number of carbonyl (C=O) groups excluding carboxylic acids is 1. The fourth-order valence-corrected chi connectivity index (χ4v) is 2.68. The molecule has 102 valence electrons. The van der Waals surface area contributed by atoms with Crippen LogP contribution in [0.15, 0.2) is 53.3 Å². The number of aromatic nitrogens is 1. The molecule has 0 atom stereocenters. The van der Waals surface area contributed by atoms with Crippen LogP contribution in [0.3, 0.4) is 0 Å². The van der Waals surface area contributed by atoms with Crippen molar-refractivity contribution in [2.45, 2.75) is 25.4 Å². The van der Waals surface area contributed by atoms with Crippen molar-refractivity contribution in [3.63, 3.8) is 0 Å². The third-order valence-electron chi connectivity index (χ3n) is 3.46. The molecule has 1 aromatic carbocycles. The van der Waals surface area contributed by atoms with Gasteiger partial charge in [0.1, 0.15) is 0 Å². The topological polar surface area (TPSA) is 33.2 Å². The predicted molar refractivity (Wildman–Crippen MR) is 81.3 cm³/mol. The zero-order valence-electron chi connectivity index (χ0n) is 11.0. The molecule has 1 heterocycles. The van der Waals surface area contributed by atoms with Gasteiger partial charge in [-0.1, -0.05) is 12.1 Å². The Bertz CT molecular complexity index is 611. The number of amides is 1. The number of benzene rings is 1. The molecule has 4 heteroatoms. The second-order valence-electron chi connectivity index (χ2n) is 5.00. The molecule has 1 aliphatic rings. The van der Waals surface area contributed by atoms with Crippen LogP contribution in [0.1, 0.15) is 28.8 Å². The Hall–Kier alpha value is -1.68. The monoisotopic (exact) mass is 330 g/mol. The van der Waals surface area contributed by atoms with Gasteiger partial charge in [0, 0.05) is 29.5 Å². The second-order valence-corrected chi connectivity index (χ2v) is 5.85. The first-order valence-electron chi connectivity index (χ1n) is 6.70. The first-order chi connectivity index (χ1) is 9.75. The maximum Gasteiger partial charge on any atom is 0.255 e. The van der Waals surface area contributed by atoms with Crippen molar-refractivity contribution < 1.29 is 4.79 Å². The van der Waals surface area contributed by atoms with Crippen LogP contribution in [0.4, 0.5) is 0 Å². The highest BCUT2D eigenvalue weighted by molar-refractivity contribution is 9.10. The van der Waals surface area contributed by atoms with E-state index >= 15 is 0 Å². The Morgan fingerprint density at radius 2 is 1.90 bits per heavy atom. The SMILES string of the molecule is O=C(c1ccccc1Br)N(Cc1ccncc1)C1CC1. The molecule has 3 rings (SSSR count). The highest BCUT2D eigenvalue weighted by atomic mass is 79.9. The zero-order valence-corrected chi connectivity index (χ0v) is 12.6. The van der Waals surface area contributed by atoms with E-state index in [1.165, 1.54) is 0 Å². The van der Waals surface area contributed by atoms with Gasteiger partial charge in [-0.2, -0.15) is 0 Å². The molecule has 0 unspecified atom stereocenters. The maximum absolute atomic E-state index is 12.7. The summed E-state index contributed by atoms with van der Waals surface area (Å²) in [6, 6.07) is 11.9. The number of halogens is 1. The molecule has 20 heavy (non-hydrogen) atoms. The summed E-state index contributed by atoms with van der Waals surface area (Å²) in [6.45, 7) is 0.646. The van der Waals surface area contributed by atoms with Gasteiger partial charge in [-0.25, -0.2) is 0 Å². The first kappa shape index (κ1) is 13.3. The summed E-state index contributed by atoms with van der Waals surface area (Å²) >= 11 is 3.46. The van der Waals surface area contributed by atoms with Crippen molar-refractivity contribution in [3.8, 4) is 0 Å². The zero-order chi connectivity index (χ0) is 13.9. The van der Waals surface area contributed by atoms with E-state index in [0.717, 1.165) is 28.4 Å². The maximum atomic E-state index is 12.7. The summed E-state index contributed by atoms with van der Waals surface area (Å²) in [4.78, 5) is 18.7. The Labute approximate surface area is 126 Å². The van der Waals surface area contributed by atoms with Crippen molar-refractivity contribution in [1.82, 2.24) is 9.88 Å². The number of pyridine rings is 1. The minimum Gasteiger partial charge on any atom is -0.331 e. The average molecular weight is 331 g/mol. The lowest BCUT2D eigenvalue weighted by Gasteiger charge is -2.23. The molecule has 1 saturated carbocycles. The van der Waals surface area contributed by atoms with Crippen LogP contribution in [-0.2, 0) is 6.54 Å². The van der Waals surface area contributed by atoms with Crippen LogP contribution in [0.2, 0.25) is 0 Å². The average Bonchev–Trinajstić information content (AvgIpc) is 3.30. The van der Waals surface area contributed by atoms with Crippen molar-refractivity contribution >= 4 is 21.8 Å². The lowest BCUT2D eigenvalue weighted by atomic mass is 10.1. The minimum atomic E-state index is 0.0942. The normalized spacial score (nSPS) is 14.1. The molecule has 0 spiro atoms. The number of hydrogen-bond acceptors (Lipinski definition) is 2. The standard InChI is InChI=1S/C16H15BrN2O/c17-15-4-2-1-3-14(15)16(20)19(13-5-6-13)11-12-7-9-18-10-8-12/h1-4,7-10,13H,5-6,11H2. The summed E-state index contributed by atoms with van der Waals surface area (Å²) in [6.07, 6.45) is 5.73. The molecule has 0 radical (unpaired) electrons. The van der Waals surface area contributed by atoms with E-state index in [9.17, 15) is 4.79 Å². The molecule has 1 aromatic heterocycles. The van der Waals surface area contributed by atoms with E-state index in [1.54, 1.807) is 12.4 Å². The van der Waals surface area contributed by atoms with Gasteiger partial charge < -0.3 is 4.90 Å². The third kappa shape index (κ3) is 2.90. The van der Waals surface area contributed by atoms with E-state index in [1.807, 2.05) is 41.3 Å². The molecule has 0 bridgehead atoms. The van der Waals surface area contributed by atoms with Gasteiger partial charge in [-0.05, 0) is 58.6 Å². The highest BCUT2D eigenvalue weighted by Crippen LogP contribution is 2.31. The molecular weight excluding hydrogens is 316 g/mol. The molecule has 0 N–H and O–H groups in total. The van der Waals surface area contributed by atoms with Crippen molar-refractivity contribution in [1.29, 1.82) is 0 Å². The van der Waals surface area contributed by atoms with Crippen molar-refractivity contribution in [2.75, 3.05) is 0 Å². The van der Waals surface area contributed by atoms with Gasteiger partial charge >= 0.3 is 0 Å². The fraction of sp³-hybridized carbons (Fsp3) is 0.250. The number of carbonyl (C=O) groups is 1. The summed E-state index contributed by atoms with van der Waals surface area (Å²) < 4.78 is 0.852. The van der Waals surface area contributed by atoms with E-state index < -0.39 is 0 Å². The molecule has 0 saturated heterocycles. The lowest BCUT2D eigenvalue weighted by Crippen LogP contribution is -2.32. The van der Waals surface area contributed by atoms with Gasteiger partial charge in [0.2, 0.25) is 0 Å². The smallest absolute Gasteiger partial charge is 0.255 e. The number of hydrogen-bond donors (Lipinski definition) is 0. The van der Waals surface area contributed by atoms with E-state index in [0.29, 0.717) is 12.6 Å². The molecule has 1 fully saturated rings. The van der Waals surface area contributed by atoms with Gasteiger partial charge in [0.05, 0.1) is 5.56 Å². The summed E-state index contributed by atoms with van der Waals surface area (Å²) in [7, 11) is 0. The van der Waals surface area contributed by atoms with Crippen LogP contribution in [0, 0.1) is 0 Å². The van der Waals surface area contributed by atoms with Crippen LogP contribution >= 0.6 is 15.9 Å². The summed E-state index contributed by atoms with van der Waals surface area (Å²) in [5, 5.41) is 0. The summed E-state index contributed by atoms with van der Waals surface area (Å²) in [5.74, 6) is 0.0942. The fourth-order valence-electron chi connectivity index (χ4n) is 2.23. The van der Waals surface area contributed by atoms with Crippen LogP contribution in [0.25, 0.3) is 0 Å². The van der Waals surface area contributed by atoms with Gasteiger partial charge in [-0.3, -0.25) is 9.78 Å². The van der Waals surface area contributed by atoms with Gasteiger partial charge in [-0.15, -0.1) is 0 Å². The van der Waals surface area contributed by atoms with Gasteiger partial charge in [0.25, 0.3) is 5.91 Å². The van der Waals surface area contributed by atoms with E-state index in [-0.39, 0.29) is 5.91 Å². The Morgan fingerprint density at radius 3 is 2.55 bits per heavy atom. The van der Waals surface area contributed by atoms with Gasteiger partial charge in [0.15, 0.2) is 0 Å². The quantitative estimate of drug-likeness (QED) is 0.857. The number of rotatable bonds is 4. The second kappa shape index (κ2) is 5.75. The van der Waals surface area contributed by atoms with Crippen LogP contribution < -0.4 is 0 Å². The molecule has 3 nitrogen and oxygen atoms in total. The Kier molecular flexibility index (Phi) is 3.83. The van der Waals surface area contributed by atoms with Crippen molar-refractivity contribution in [3.05, 3.63) is 64.4 Å². The van der Waals surface area contributed by atoms with E-state index in [2.05, 4.69) is 20.9 Å². The minimum absolute atomic E-state index is 0.0942. The predicted octanol–water partition coefficient (Wildman–Crippen LogP) is 3.65. The largest absolute Gasteiger partial charge is 0.331 e. The molecule has 0 aliphatic heterocycles.